The summed E-state index contributed by atoms with van der Waals surface area (Å²) in [5.74, 6) is -0.0921. The van der Waals surface area contributed by atoms with Gasteiger partial charge in [0.2, 0.25) is 0 Å². The van der Waals surface area contributed by atoms with Crippen molar-refractivity contribution in [3.8, 4) is 0 Å². The van der Waals surface area contributed by atoms with Gasteiger partial charge in [0.15, 0.2) is 0 Å². The highest BCUT2D eigenvalue weighted by Crippen LogP contribution is 2.27. The Balaban J connectivity index is 1.80. The van der Waals surface area contributed by atoms with Crippen LogP contribution in [0.2, 0.25) is 0 Å². The molecule has 1 unspecified atom stereocenters. The van der Waals surface area contributed by atoms with E-state index in [1.807, 2.05) is 13.0 Å². The van der Waals surface area contributed by atoms with Gasteiger partial charge in [-0.05, 0) is 50.0 Å². The van der Waals surface area contributed by atoms with E-state index in [1.54, 1.807) is 6.07 Å². The van der Waals surface area contributed by atoms with Crippen molar-refractivity contribution in [3.63, 3.8) is 0 Å². The van der Waals surface area contributed by atoms with E-state index in [0.717, 1.165) is 38.3 Å². The van der Waals surface area contributed by atoms with Crippen molar-refractivity contribution in [1.29, 1.82) is 0 Å². The third-order valence-electron chi connectivity index (χ3n) is 5.29. The van der Waals surface area contributed by atoms with E-state index in [0.29, 0.717) is 6.04 Å². The van der Waals surface area contributed by atoms with E-state index in [9.17, 15) is 4.39 Å². The zero-order valence-corrected chi connectivity index (χ0v) is 14.4. The topological polar surface area (TPSA) is 18.5 Å². The lowest BCUT2D eigenvalue weighted by molar-refractivity contribution is 0.132. The lowest BCUT2D eigenvalue weighted by Gasteiger charge is -2.37. The van der Waals surface area contributed by atoms with Gasteiger partial charge in [-0.2, -0.15) is 0 Å². The molecule has 2 aliphatic rings. The molecule has 3 nitrogen and oxygen atoms in total. The van der Waals surface area contributed by atoms with E-state index in [4.69, 9.17) is 0 Å². The summed E-state index contributed by atoms with van der Waals surface area (Å²) in [7, 11) is 0. The molecule has 0 bridgehead atoms. The first-order chi connectivity index (χ1) is 11.2. The predicted molar refractivity (Wildman–Crippen MR) is 93.2 cm³/mol. The molecule has 3 rings (SSSR count). The van der Waals surface area contributed by atoms with Gasteiger partial charge in [0.1, 0.15) is 5.82 Å². The number of hydrogen-bond donors (Lipinski definition) is 1. The molecule has 4 heteroatoms. The summed E-state index contributed by atoms with van der Waals surface area (Å²) in [5, 5.41) is 3.43. The van der Waals surface area contributed by atoms with Gasteiger partial charge in [0.25, 0.3) is 0 Å². The molecule has 1 aromatic rings. The number of nitrogens with zero attached hydrogens (tertiary/aromatic N) is 2. The van der Waals surface area contributed by atoms with Crippen LogP contribution in [0.3, 0.4) is 0 Å². The van der Waals surface area contributed by atoms with Crippen molar-refractivity contribution >= 4 is 0 Å². The highest BCUT2D eigenvalue weighted by Gasteiger charge is 2.25. The molecule has 0 aliphatic carbocycles. The molecule has 0 spiro atoms. The Hall–Kier alpha value is -0.970. The summed E-state index contributed by atoms with van der Waals surface area (Å²) >= 11 is 0. The number of hydrogen-bond acceptors (Lipinski definition) is 3. The quantitative estimate of drug-likeness (QED) is 0.920. The normalized spacial score (nSPS) is 22.7. The largest absolute Gasteiger partial charge is 0.314 e. The molecule has 2 heterocycles. The lowest BCUT2D eigenvalue weighted by atomic mass is 10.0. The maximum absolute atomic E-state index is 13.7. The minimum atomic E-state index is -0.0921. The van der Waals surface area contributed by atoms with Crippen LogP contribution >= 0.6 is 0 Å². The van der Waals surface area contributed by atoms with Gasteiger partial charge in [-0.15, -0.1) is 0 Å². The van der Waals surface area contributed by atoms with E-state index < -0.39 is 0 Å². The van der Waals surface area contributed by atoms with Gasteiger partial charge in [0.05, 0.1) is 0 Å². The molecule has 0 saturated carbocycles. The molecule has 1 atom stereocenters. The monoisotopic (exact) mass is 319 g/mol. The Morgan fingerprint density at radius 3 is 2.39 bits per heavy atom. The van der Waals surface area contributed by atoms with Crippen LogP contribution in [0.15, 0.2) is 18.2 Å². The molecule has 0 aromatic heterocycles. The SMILES string of the molecule is Cc1cc(C(CN2CCNCC2)N2CCCCCC2)ccc1F. The van der Waals surface area contributed by atoms with Crippen LogP contribution in [0.25, 0.3) is 0 Å². The van der Waals surface area contributed by atoms with Gasteiger partial charge < -0.3 is 5.32 Å². The van der Waals surface area contributed by atoms with Crippen LogP contribution in [0.5, 0.6) is 0 Å². The molecule has 1 aromatic carbocycles. The molecule has 23 heavy (non-hydrogen) atoms. The van der Waals surface area contributed by atoms with E-state index >= 15 is 0 Å². The standard InChI is InChI=1S/C19H30FN3/c1-16-14-17(6-7-18(16)20)19(15-22-12-8-21-9-13-22)23-10-4-2-3-5-11-23/h6-7,14,19,21H,2-5,8-13,15H2,1H3. The van der Waals surface area contributed by atoms with Crippen molar-refractivity contribution < 1.29 is 4.39 Å². The average molecular weight is 319 g/mol. The van der Waals surface area contributed by atoms with Crippen LogP contribution in [-0.4, -0.2) is 55.6 Å². The number of benzene rings is 1. The van der Waals surface area contributed by atoms with Gasteiger partial charge in [-0.3, -0.25) is 9.80 Å². The average Bonchev–Trinajstić information content (AvgIpc) is 2.85. The highest BCUT2D eigenvalue weighted by molar-refractivity contribution is 5.27. The maximum atomic E-state index is 13.7. The summed E-state index contributed by atoms with van der Waals surface area (Å²) in [6, 6.07) is 6.10. The molecular weight excluding hydrogens is 289 g/mol. The first-order valence-corrected chi connectivity index (χ1v) is 9.17. The fourth-order valence-corrected chi connectivity index (χ4v) is 3.85. The van der Waals surface area contributed by atoms with Crippen LogP contribution in [0, 0.1) is 12.7 Å². The lowest BCUT2D eigenvalue weighted by Crippen LogP contribution is -2.47. The smallest absolute Gasteiger partial charge is 0.126 e. The zero-order chi connectivity index (χ0) is 16.1. The van der Waals surface area contributed by atoms with E-state index in [1.165, 1.54) is 44.3 Å². The van der Waals surface area contributed by atoms with Gasteiger partial charge in [-0.25, -0.2) is 4.39 Å². The van der Waals surface area contributed by atoms with Gasteiger partial charge in [-0.1, -0.05) is 25.0 Å². The third-order valence-corrected chi connectivity index (χ3v) is 5.29. The van der Waals surface area contributed by atoms with E-state index in [-0.39, 0.29) is 5.82 Å². The van der Waals surface area contributed by atoms with Crippen molar-refractivity contribution in [1.82, 2.24) is 15.1 Å². The molecule has 2 saturated heterocycles. The number of rotatable bonds is 4. The summed E-state index contributed by atoms with van der Waals surface area (Å²) in [6.07, 6.45) is 5.27. The Labute approximate surface area is 139 Å². The van der Waals surface area contributed by atoms with Crippen LogP contribution in [0.4, 0.5) is 4.39 Å². The van der Waals surface area contributed by atoms with E-state index in [2.05, 4.69) is 21.2 Å². The summed E-state index contributed by atoms with van der Waals surface area (Å²) in [6.45, 7) is 9.68. The summed E-state index contributed by atoms with van der Waals surface area (Å²) in [5.41, 5.74) is 2.05. The minimum Gasteiger partial charge on any atom is -0.314 e. The predicted octanol–water partition coefficient (Wildman–Crippen LogP) is 2.96. The first kappa shape index (κ1) is 16.9. The minimum absolute atomic E-state index is 0.0921. The second-order valence-corrected chi connectivity index (χ2v) is 7.03. The maximum Gasteiger partial charge on any atom is 0.126 e. The Morgan fingerprint density at radius 2 is 1.74 bits per heavy atom. The summed E-state index contributed by atoms with van der Waals surface area (Å²) in [4.78, 5) is 5.20. The second-order valence-electron chi connectivity index (χ2n) is 7.03. The second kappa shape index (κ2) is 8.22. The number of piperazine rings is 1. The van der Waals surface area contributed by atoms with Crippen molar-refractivity contribution in [2.45, 2.75) is 38.6 Å². The Kier molecular flexibility index (Phi) is 6.03. The summed E-state index contributed by atoms with van der Waals surface area (Å²) < 4.78 is 13.7. The molecule has 2 fully saturated rings. The van der Waals surface area contributed by atoms with Crippen molar-refractivity contribution in [3.05, 3.63) is 35.1 Å². The molecule has 0 amide bonds. The number of likely N-dealkylation sites (tertiary alicyclic amines) is 1. The van der Waals surface area contributed by atoms with Crippen molar-refractivity contribution in [2.75, 3.05) is 45.8 Å². The van der Waals surface area contributed by atoms with Crippen LogP contribution in [-0.2, 0) is 0 Å². The number of aryl methyl sites for hydroxylation is 1. The molecular formula is C19H30FN3. The molecule has 1 N–H and O–H groups in total. The Bertz CT molecular complexity index is 491. The van der Waals surface area contributed by atoms with Crippen LogP contribution in [0.1, 0.15) is 42.9 Å². The fourth-order valence-electron chi connectivity index (χ4n) is 3.85. The van der Waals surface area contributed by atoms with Gasteiger partial charge in [0, 0.05) is 38.8 Å². The van der Waals surface area contributed by atoms with Crippen molar-refractivity contribution in [2.24, 2.45) is 0 Å². The molecule has 2 aliphatic heterocycles. The molecule has 128 valence electrons. The van der Waals surface area contributed by atoms with Crippen LogP contribution < -0.4 is 5.32 Å². The highest BCUT2D eigenvalue weighted by atomic mass is 19.1. The first-order valence-electron chi connectivity index (χ1n) is 9.17. The van der Waals surface area contributed by atoms with Gasteiger partial charge >= 0.3 is 0 Å². The fraction of sp³-hybridized carbons (Fsp3) is 0.684. The Morgan fingerprint density at radius 1 is 1.04 bits per heavy atom. The number of halogens is 1. The number of nitrogens with one attached hydrogen (secondary N) is 1. The molecule has 0 radical (unpaired) electrons. The third kappa shape index (κ3) is 4.52. The zero-order valence-electron chi connectivity index (χ0n) is 14.4.